The van der Waals surface area contributed by atoms with Gasteiger partial charge in [0.2, 0.25) is 5.82 Å². The van der Waals surface area contributed by atoms with Crippen LogP contribution in [-0.2, 0) is 16.0 Å². The lowest BCUT2D eigenvalue weighted by Crippen LogP contribution is -2.33. The van der Waals surface area contributed by atoms with Crippen LogP contribution in [0, 0.1) is 11.8 Å². The van der Waals surface area contributed by atoms with Gasteiger partial charge in [0, 0.05) is 5.56 Å². The molecule has 10 heteroatoms. The van der Waals surface area contributed by atoms with Gasteiger partial charge in [-0.3, -0.25) is 9.40 Å². The molecule has 2 aliphatic rings. The van der Waals surface area contributed by atoms with E-state index in [-0.39, 0.29) is 11.9 Å². The number of anilines is 1. The van der Waals surface area contributed by atoms with E-state index in [1.165, 1.54) is 35.7 Å². The Morgan fingerprint density at radius 1 is 1.11 bits per heavy atom. The summed E-state index contributed by atoms with van der Waals surface area (Å²) in [6, 6.07) is 8.17. The Balaban J connectivity index is 1.44. The highest BCUT2D eigenvalue weighted by Gasteiger charge is 2.44. The summed E-state index contributed by atoms with van der Waals surface area (Å²) in [7, 11) is 0. The van der Waals surface area contributed by atoms with Crippen molar-refractivity contribution < 1.29 is 24.9 Å². The number of benzene rings is 1. The number of hydrogen-bond acceptors (Lipinski definition) is 9. The zero-order valence-corrected chi connectivity index (χ0v) is 20.2. The lowest BCUT2D eigenvalue weighted by Gasteiger charge is -2.16. The summed E-state index contributed by atoms with van der Waals surface area (Å²) in [6.45, 7) is 1.77. The first kappa shape index (κ1) is 24.6. The Morgan fingerprint density at radius 3 is 2.61 bits per heavy atom. The molecule has 0 radical (unpaired) electrons. The van der Waals surface area contributed by atoms with Crippen LogP contribution >= 0.6 is 0 Å². The number of imidazole rings is 1. The monoisotopic (exact) mass is 493 g/mol. The number of nitrogens with one attached hydrogen (secondary N) is 1. The van der Waals surface area contributed by atoms with Crippen molar-refractivity contribution >= 4 is 17.0 Å². The van der Waals surface area contributed by atoms with Crippen LogP contribution in [0.3, 0.4) is 0 Å². The molecule has 10 nitrogen and oxygen atoms in total. The molecule has 4 N–H and O–H groups in total. The lowest BCUT2D eigenvalue weighted by atomic mass is 10.1. The molecule has 0 amide bonds. The van der Waals surface area contributed by atoms with E-state index >= 15 is 0 Å². The van der Waals surface area contributed by atoms with Crippen molar-refractivity contribution in [3.63, 3.8) is 0 Å². The van der Waals surface area contributed by atoms with E-state index in [2.05, 4.69) is 51.3 Å². The molecule has 3 aromatic rings. The second kappa shape index (κ2) is 10.9. The van der Waals surface area contributed by atoms with Gasteiger partial charge in [-0.05, 0) is 49.3 Å². The van der Waals surface area contributed by atoms with Crippen molar-refractivity contribution in [1.82, 2.24) is 19.5 Å². The van der Waals surface area contributed by atoms with E-state index in [9.17, 15) is 15.3 Å². The summed E-state index contributed by atoms with van der Waals surface area (Å²) in [5.74, 6) is 6.72. The zero-order valence-electron chi connectivity index (χ0n) is 20.2. The van der Waals surface area contributed by atoms with E-state index in [0.29, 0.717) is 17.0 Å². The fourth-order valence-electron chi connectivity index (χ4n) is 4.13. The van der Waals surface area contributed by atoms with Gasteiger partial charge in [-0.15, -0.1) is 0 Å². The second-order valence-electron chi connectivity index (χ2n) is 9.27. The third-order valence-corrected chi connectivity index (χ3v) is 6.40. The highest BCUT2D eigenvalue weighted by atomic mass is 16.7. The van der Waals surface area contributed by atoms with Crippen LogP contribution in [0.5, 0.6) is 0 Å². The van der Waals surface area contributed by atoms with Gasteiger partial charge in [-0.1, -0.05) is 37.8 Å². The molecule has 2 fully saturated rings. The smallest absolute Gasteiger partial charge is 0.209 e. The number of rotatable bonds is 9. The van der Waals surface area contributed by atoms with Crippen molar-refractivity contribution in [3.8, 4) is 11.8 Å². The normalized spacial score (nSPS) is 23.6. The molecular formula is C26H31N5O5. The van der Waals surface area contributed by atoms with Gasteiger partial charge in [0.05, 0.1) is 19.0 Å². The highest BCUT2D eigenvalue weighted by molar-refractivity contribution is 5.83. The molecule has 36 heavy (non-hydrogen) atoms. The molecular weight excluding hydrogens is 462 g/mol. The number of hydrogen-bond donors (Lipinski definition) is 4. The molecule has 190 valence electrons. The summed E-state index contributed by atoms with van der Waals surface area (Å²) in [6.07, 6.45) is 3.79. The number of aliphatic hydroxyl groups is 3. The molecule has 1 aliphatic heterocycles. The maximum absolute atomic E-state index is 10.5. The number of ether oxygens (including phenoxy) is 1. The first-order chi connectivity index (χ1) is 17.6. The first-order valence-electron chi connectivity index (χ1n) is 12.5. The minimum atomic E-state index is -1.26. The Bertz CT molecular complexity index is 1250. The molecule has 0 spiro atoms. The molecule has 2 aromatic heterocycles. The second-order valence-corrected chi connectivity index (χ2v) is 9.27. The molecule has 1 aromatic carbocycles. The van der Waals surface area contributed by atoms with Crippen LogP contribution < -0.4 is 5.48 Å². The first-order valence-corrected chi connectivity index (χ1v) is 12.5. The number of unbranched alkanes of at least 4 members (excludes halogenated alkanes) is 2. The van der Waals surface area contributed by atoms with Gasteiger partial charge >= 0.3 is 0 Å². The summed E-state index contributed by atoms with van der Waals surface area (Å²) in [5, 5.41) is 30.2. The topological polar surface area (TPSA) is 135 Å². The molecule has 4 atom stereocenters. The van der Waals surface area contributed by atoms with Crippen LogP contribution in [0.2, 0.25) is 0 Å². The van der Waals surface area contributed by atoms with Crippen LogP contribution in [0.1, 0.15) is 62.2 Å². The number of nitrogens with zero attached hydrogens (tertiary/aromatic N) is 4. The standard InChI is InChI=1S/C26H31N5O5/c1-2-3-4-5-16-6-8-17(9-7-16)10-13-20-28-24(30-36-18-11-12-18)21-25(29-20)31(15-27-21)26-23(34)22(33)19(14-32)35-26/h6-9,15,18-19,22-23,26,32-34H,2-5,11-12,14H2,1H3,(H,28,29,30)/t19-,22-,23-,26-/m1/s1. The van der Waals surface area contributed by atoms with Gasteiger partial charge in [-0.2, -0.15) is 4.98 Å². The maximum Gasteiger partial charge on any atom is 0.209 e. The van der Waals surface area contributed by atoms with E-state index in [1.54, 1.807) is 0 Å². The highest BCUT2D eigenvalue weighted by Crippen LogP contribution is 2.33. The number of aromatic nitrogens is 4. The van der Waals surface area contributed by atoms with Gasteiger partial charge in [-0.25, -0.2) is 15.4 Å². The average Bonchev–Trinajstić information content (AvgIpc) is 3.57. The molecule has 1 saturated heterocycles. The minimum absolute atomic E-state index is 0.128. The molecule has 0 unspecified atom stereocenters. The third kappa shape index (κ3) is 5.36. The number of aliphatic hydroxyl groups excluding tert-OH is 3. The van der Waals surface area contributed by atoms with Crippen molar-refractivity contribution in [2.75, 3.05) is 12.1 Å². The Labute approximate surface area is 209 Å². The molecule has 5 rings (SSSR count). The molecule has 1 saturated carbocycles. The summed E-state index contributed by atoms with van der Waals surface area (Å²) >= 11 is 0. The van der Waals surface area contributed by atoms with Crippen molar-refractivity contribution in [2.24, 2.45) is 0 Å². The van der Waals surface area contributed by atoms with E-state index in [1.807, 2.05) is 12.1 Å². The van der Waals surface area contributed by atoms with Gasteiger partial charge in [0.25, 0.3) is 0 Å². The van der Waals surface area contributed by atoms with Crippen molar-refractivity contribution in [1.29, 1.82) is 0 Å². The zero-order chi connectivity index (χ0) is 25.1. The van der Waals surface area contributed by atoms with E-state index in [0.717, 1.165) is 24.8 Å². The van der Waals surface area contributed by atoms with Crippen LogP contribution in [0.15, 0.2) is 30.6 Å². The average molecular weight is 494 g/mol. The van der Waals surface area contributed by atoms with Crippen molar-refractivity contribution in [2.45, 2.75) is 76.1 Å². The van der Waals surface area contributed by atoms with Crippen LogP contribution in [0.4, 0.5) is 5.82 Å². The Kier molecular flexibility index (Phi) is 7.46. The largest absolute Gasteiger partial charge is 0.394 e. The van der Waals surface area contributed by atoms with E-state index in [4.69, 9.17) is 9.57 Å². The van der Waals surface area contributed by atoms with Gasteiger partial charge in [0.15, 0.2) is 23.2 Å². The predicted molar refractivity (Wildman–Crippen MR) is 132 cm³/mol. The summed E-state index contributed by atoms with van der Waals surface area (Å²) in [4.78, 5) is 19.1. The van der Waals surface area contributed by atoms with Gasteiger partial charge < -0.3 is 20.1 Å². The Morgan fingerprint density at radius 2 is 1.92 bits per heavy atom. The lowest BCUT2D eigenvalue weighted by molar-refractivity contribution is -0.0511. The van der Waals surface area contributed by atoms with Crippen LogP contribution in [-0.4, -0.2) is 65.9 Å². The quantitative estimate of drug-likeness (QED) is 0.201. The fourth-order valence-corrected chi connectivity index (χ4v) is 4.13. The van der Waals surface area contributed by atoms with Crippen molar-refractivity contribution in [3.05, 3.63) is 47.5 Å². The van der Waals surface area contributed by atoms with E-state index < -0.39 is 31.1 Å². The predicted octanol–water partition coefficient (Wildman–Crippen LogP) is 2.08. The maximum atomic E-state index is 10.5. The van der Waals surface area contributed by atoms with Crippen LogP contribution in [0.25, 0.3) is 11.2 Å². The fraction of sp³-hybridized carbons (Fsp3) is 0.500. The molecule has 0 bridgehead atoms. The SMILES string of the molecule is CCCCCc1ccc(C#Cc2nc(NOC3CC3)c3ncn([C@@H]4O[C@H](CO)[C@@H](O)[C@H]4O)c3n2)cc1. The summed E-state index contributed by atoms with van der Waals surface area (Å²) in [5.41, 5.74) is 5.78. The molecule has 1 aliphatic carbocycles. The number of fused-ring (bicyclic) bond motifs is 1. The summed E-state index contributed by atoms with van der Waals surface area (Å²) < 4.78 is 7.19. The Hall–Kier alpha value is -3.07. The van der Waals surface area contributed by atoms with Gasteiger partial charge in [0.1, 0.15) is 18.3 Å². The number of aryl methyl sites for hydroxylation is 1. The third-order valence-electron chi connectivity index (χ3n) is 6.40. The molecule has 3 heterocycles. The minimum Gasteiger partial charge on any atom is -0.394 e.